The normalized spacial score (nSPS) is 14.7. The number of aliphatic hydroxyl groups excluding tert-OH is 1. The second-order valence-corrected chi connectivity index (χ2v) is 11.0. The predicted molar refractivity (Wildman–Crippen MR) is 176 cm³/mol. The maximum Gasteiger partial charge on any atom is 0.417 e. The fourth-order valence-electron chi connectivity index (χ4n) is 4.89. The molecule has 0 spiro atoms. The largest absolute Gasteiger partial charge is 0.460 e. The number of fused-ring (bicyclic) bond motifs is 1. The maximum atomic E-state index is 13.5. The van der Waals surface area contributed by atoms with Gasteiger partial charge in [0.1, 0.15) is 13.2 Å². The first-order valence-corrected chi connectivity index (χ1v) is 16.2. The number of nitrogens with zero attached hydrogens (tertiary/aromatic N) is 1. The smallest absolute Gasteiger partial charge is 0.417 e. The number of cyclic esters (lactones) is 1. The molecule has 0 saturated carbocycles. The number of carbonyl (C=O) groups is 2. The van der Waals surface area contributed by atoms with Gasteiger partial charge >= 0.3 is 18.2 Å². The van der Waals surface area contributed by atoms with E-state index in [1.165, 1.54) is 41.3 Å². The number of benzene rings is 2. The first-order valence-electron chi connectivity index (χ1n) is 16.2. The number of halogens is 3. The lowest BCUT2D eigenvalue weighted by Crippen LogP contribution is -2.27. The maximum absolute atomic E-state index is 13.5. The van der Waals surface area contributed by atoms with Crippen LogP contribution in [0.2, 0.25) is 0 Å². The van der Waals surface area contributed by atoms with Crippen LogP contribution < -0.4 is 10.5 Å². The van der Waals surface area contributed by atoms with Crippen molar-refractivity contribution in [2.75, 3.05) is 104 Å². The molecule has 17 heteroatoms. The summed E-state index contributed by atoms with van der Waals surface area (Å²) in [5.74, 6) is -0.659. The average molecular weight is 727 g/mol. The number of alkyl halides is 3. The standard InChI is InChI=1S/C34H41F3N2O12/c35-34(36,37)29-4-2-1-3-27(29)30-19-24-5-6-25(20-28(24)32(42)38-30)39-21-26(51-33(39)43)22-50-31(41)23-49-18-17-48-16-15-47-14-13-46-12-11-45-10-9-44-8-7-40/h1-6,19-20,26,40H,7-18,21-23H2,(H,38,42)/t26-/m0/s1. The molecule has 2 heterocycles. The van der Waals surface area contributed by atoms with Gasteiger partial charge in [-0.25, -0.2) is 9.59 Å². The summed E-state index contributed by atoms with van der Waals surface area (Å²) in [5.41, 5.74) is -1.33. The molecule has 280 valence electrons. The van der Waals surface area contributed by atoms with Gasteiger partial charge in [-0.05, 0) is 29.7 Å². The van der Waals surface area contributed by atoms with E-state index in [0.717, 1.165) is 6.07 Å². The molecule has 14 nitrogen and oxygen atoms in total. The van der Waals surface area contributed by atoms with Crippen molar-refractivity contribution in [3.05, 3.63) is 64.4 Å². The summed E-state index contributed by atoms with van der Waals surface area (Å²) < 4.78 is 82.9. The summed E-state index contributed by atoms with van der Waals surface area (Å²) in [6.45, 7) is 3.36. The van der Waals surface area contributed by atoms with E-state index in [2.05, 4.69) is 4.98 Å². The minimum absolute atomic E-state index is 0.00713. The number of nitrogens with one attached hydrogen (secondary N) is 1. The number of aromatic amines is 1. The van der Waals surface area contributed by atoms with Crippen molar-refractivity contribution in [1.29, 1.82) is 0 Å². The summed E-state index contributed by atoms with van der Waals surface area (Å²) in [4.78, 5) is 41.4. The number of ether oxygens (including phenoxy) is 8. The lowest BCUT2D eigenvalue weighted by molar-refractivity contribution is -0.151. The Morgan fingerprint density at radius 3 is 2.02 bits per heavy atom. The molecule has 2 aromatic carbocycles. The summed E-state index contributed by atoms with van der Waals surface area (Å²) in [7, 11) is 0. The van der Waals surface area contributed by atoms with Crippen molar-refractivity contribution in [1.82, 2.24) is 4.98 Å². The molecule has 0 aliphatic carbocycles. The molecule has 1 aromatic heterocycles. The molecule has 1 amide bonds. The number of aliphatic hydroxyl groups is 1. The van der Waals surface area contributed by atoms with Gasteiger partial charge in [-0.1, -0.05) is 24.3 Å². The molecule has 0 bridgehead atoms. The van der Waals surface area contributed by atoms with E-state index in [0.29, 0.717) is 70.5 Å². The number of H-pyrrole nitrogens is 1. The minimum atomic E-state index is -4.61. The number of aromatic nitrogens is 1. The molecular weight excluding hydrogens is 685 g/mol. The van der Waals surface area contributed by atoms with E-state index in [-0.39, 0.29) is 56.2 Å². The zero-order valence-electron chi connectivity index (χ0n) is 27.8. The molecule has 2 N–H and O–H groups in total. The Balaban J connectivity index is 1.08. The van der Waals surface area contributed by atoms with Gasteiger partial charge in [0.25, 0.3) is 5.56 Å². The zero-order chi connectivity index (χ0) is 36.5. The molecule has 3 aromatic rings. The molecule has 4 rings (SSSR count). The van der Waals surface area contributed by atoms with Crippen molar-refractivity contribution in [3.8, 4) is 11.3 Å². The van der Waals surface area contributed by atoms with Crippen LogP contribution >= 0.6 is 0 Å². The molecule has 1 aliphatic heterocycles. The molecule has 51 heavy (non-hydrogen) atoms. The van der Waals surface area contributed by atoms with E-state index in [9.17, 15) is 27.6 Å². The molecule has 0 radical (unpaired) electrons. The minimum Gasteiger partial charge on any atom is -0.460 e. The van der Waals surface area contributed by atoms with Crippen molar-refractivity contribution in [3.63, 3.8) is 0 Å². The van der Waals surface area contributed by atoms with Crippen LogP contribution in [-0.4, -0.2) is 127 Å². The fraction of sp³-hybridized carbons (Fsp3) is 0.500. The highest BCUT2D eigenvalue weighted by molar-refractivity contribution is 5.94. The lowest BCUT2D eigenvalue weighted by Gasteiger charge is -2.15. The van der Waals surface area contributed by atoms with Gasteiger partial charge in [0, 0.05) is 22.3 Å². The first-order chi connectivity index (χ1) is 24.7. The number of hydrogen-bond donors (Lipinski definition) is 2. The Morgan fingerprint density at radius 1 is 0.824 bits per heavy atom. The Hall–Kier alpha value is -4.10. The van der Waals surface area contributed by atoms with E-state index in [1.54, 1.807) is 6.07 Å². The van der Waals surface area contributed by atoms with Crippen LogP contribution in [0.15, 0.2) is 53.3 Å². The number of carbonyl (C=O) groups excluding carboxylic acids is 2. The van der Waals surface area contributed by atoms with Crippen LogP contribution in [0.5, 0.6) is 0 Å². The van der Waals surface area contributed by atoms with E-state index in [4.69, 9.17) is 43.0 Å². The van der Waals surface area contributed by atoms with Gasteiger partial charge in [0.15, 0.2) is 6.10 Å². The lowest BCUT2D eigenvalue weighted by atomic mass is 10.0. The van der Waals surface area contributed by atoms with E-state index < -0.39 is 35.5 Å². The van der Waals surface area contributed by atoms with Crippen molar-refractivity contribution in [2.24, 2.45) is 0 Å². The van der Waals surface area contributed by atoms with Gasteiger partial charge in [-0.3, -0.25) is 9.69 Å². The average Bonchev–Trinajstić information content (AvgIpc) is 3.49. The van der Waals surface area contributed by atoms with Crippen molar-refractivity contribution in [2.45, 2.75) is 12.3 Å². The molecule has 1 aliphatic rings. The Bertz CT molecular complexity index is 1600. The Morgan fingerprint density at radius 2 is 1.41 bits per heavy atom. The van der Waals surface area contributed by atoms with E-state index in [1.807, 2.05) is 0 Å². The third-order valence-corrected chi connectivity index (χ3v) is 7.28. The molecular formula is C34H41F3N2O12. The Kier molecular flexibility index (Phi) is 16.1. The van der Waals surface area contributed by atoms with Gasteiger partial charge in [0.2, 0.25) is 0 Å². The molecule has 1 saturated heterocycles. The summed E-state index contributed by atoms with van der Waals surface area (Å²) in [5, 5.41) is 9.13. The highest BCUT2D eigenvalue weighted by Gasteiger charge is 2.35. The number of hydrogen-bond acceptors (Lipinski definition) is 12. The highest BCUT2D eigenvalue weighted by Crippen LogP contribution is 2.36. The monoisotopic (exact) mass is 726 g/mol. The van der Waals surface area contributed by atoms with Gasteiger partial charge in [-0.15, -0.1) is 0 Å². The second-order valence-electron chi connectivity index (χ2n) is 11.0. The number of anilines is 1. The summed E-state index contributed by atoms with van der Waals surface area (Å²) in [6, 6.07) is 10.9. The number of rotatable bonds is 23. The number of esters is 1. The van der Waals surface area contributed by atoms with E-state index >= 15 is 0 Å². The van der Waals surface area contributed by atoms with Gasteiger partial charge < -0.3 is 48.0 Å². The van der Waals surface area contributed by atoms with Crippen LogP contribution in [0.1, 0.15) is 5.56 Å². The van der Waals surface area contributed by atoms with Crippen LogP contribution in [0.3, 0.4) is 0 Å². The quantitative estimate of drug-likeness (QED) is 0.109. The summed E-state index contributed by atoms with van der Waals surface area (Å²) >= 11 is 0. The zero-order valence-corrected chi connectivity index (χ0v) is 27.8. The molecule has 0 unspecified atom stereocenters. The van der Waals surface area contributed by atoms with Crippen LogP contribution in [0.25, 0.3) is 22.0 Å². The predicted octanol–water partition coefficient (Wildman–Crippen LogP) is 3.17. The topological polar surface area (TPSA) is 164 Å². The molecule has 1 fully saturated rings. The third-order valence-electron chi connectivity index (χ3n) is 7.28. The Labute approximate surface area is 291 Å². The summed E-state index contributed by atoms with van der Waals surface area (Å²) in [6.07, 6.45) is -6.10. The van der Waals surface area contributed by atoms with Crippen molar-refractivity contribution >= 4 is 28.5 Å². The van der Waals surface area contributed by atoms with Crippen LogP contribution in [0, 0.1) is 0 Å². The van der Waals surface area contributed by atoms with Gasteiger partial charge in [-0.2, -0.15) is 13.2 Å². The number of amides is 1. The first kappa shape index (κ1) is 39.7. The number of pyridine rings is 1. The SMILES string of the molecule is O=C(COCCOCCOCCOCCOCCOCCO)OC[C@@H]1CN(c2ccc3cc(-c4ccccc4C(F)(F)F)[nH]c(=O)c3c2)C(=O)O1. The van der Waals surface area contributed by atoms with Crippen LogP contribution in [0.4, 0.5) is 23.7 Å². The fourth-order valence-corrected chi connectivity index (χ4v) is 4.89. The molecule has 1 atom stereocenters. The van der Waals surface area contributed by atoms with Crippen LogP contribution in [-0.2, 0) is 48.9 Å². The van der Waals surface area contributed by atoms with Gasteiger partial charge in [0.05, 0.1) is 91.4 Å². The highest BCUT2D eigenvalue weighted by atomic mass is 19.4. The third kappa shape index (κ3) is 12.9. The second kappa shape index (κ2) is 20.7. The van der Waals surface area contributed by atoms with Crippen molar-refractivity contribution < 1.29 is 65.8 Å².